The van der Waals surface area contributed by atoms with E-state index in [2.05, 4.69) is 5.32 Å². The van der Waals surface area contributed by atoms with E-state index in [9.17, 15) is 4.79 Å². The lowest BCUT2D eigenvalue weighted by Crippen LogP contribution is -2.38. The fourth-order valence-corrected chi connectivity index (χ4v) is 2.86. The van der Waals surface area contributed by atoms with Crippen molar-refractivity contribution in [3.8, 4) is 5.75 Å². The van der Waals surface area contributed by atoms with Gasteiger partial charge in [0.2, 0.25) is 0 Å². The molecule has 0 aromatic heterocycles. The van der Waals surface area contributed by atoms with Crippen LogP contribution in [-0.4, -0.2) is 18.6 Å². The number of nitrogens with one attached hydrogen (secondary N) is 1. The van der Waals surface area contributed by atoms with Crippen molar-refractivity contribution in [2.45, 2.75) is 46.1 Å². The smallest absolute Gasteiger partial charge is 0.261 e. The molecule has 0 fully saturated rings. The molecule has 2 aromatic rings. The number of ether oxygens (including phenoxy) is 1. The van der Waals surface area contributed by atoms with Crippen molar-refractivity contribution < 1.29 is 9.53 Å². The van der Waals surface area contributed by atoms with Crippen molar-refractivity contribution in [1.29, 1.82) is 0 Å². The molecule has 1 amide bonds. The number of carbonyl (C=O) groups excluding carboxylic acids is 1. The first-order valence-corrected chi connectivity index (χ1v) is 9.14. The SMILES string of the molecule is CC[C@H](Oc1cccc(C)c1C)C(=O)NCCCc1ccccc1Cl. The van der Waals surface area contributed by atoms with E-state index in [1.54, 1.807) is 0 Å². The maximum absolute atomic E-state index is 12.4. The number of aryl methyl sites for hydroxylation is 2. The highest BCUT2D eigenvalue weighted by molar-refractivity contribution is 6.31. The van der Waals surface area contributed by atoms with Gasteiger partial charge in [0, 0.05) is 11.6 Å². The first-order chi connectivity index (χ1) is 12.0. The fourth-order valence-electron chi connectivity index (χ4n) is 2.63. The van der Waals surface area contributed by atoms with Gasteiger partial charge in [0.25, 0.3) is 5.91 Å². The summed E-state index contributed by atoms with van der Waals surface area (Å²) in [6, 6.07) is 13.7. The Balaban J connectivity index is 1.83. The van der Waals surface area contributed by atoms with Crippen LogP contribution in [0.4, 0.5) is 0 Å². The quantitative estimate of drug-likeness (QED) is 0.683. The second-order valence-corrected chi connectivity index (χ2v) is 6.61. The molecule has 2 rings (SSSR count). The van der Waals surface area contributed by atoms with Gasteiger partial charge in [-0.3, -0.25) is 4.79 Å². The van der Waals surface area contributed by atoms with E-state index in [4.69, 9.17) is 16.3 Å². The normalized spacial score (nSPS) is 11.8. The number of hydrogen-bond donors (Lipinski definition) is 1. The zero-order valence-corrected chi connectivity index (χ0v) is 15.9. The van der Waals surface area contributed by atoms with Crippen LogP contribution in [0.15, 0.2) is 42.5 Å². The number of carbonyl (C=O) groups is 1. The van der Waals surface area contributed by atoms with Crippen LogP contribution in [0.1, 0.15) is 36.5 Å². The zero-order valence-electron chi connectivity index (χ0n) is 15.1. The second kappa shape index (κ2) is 9.47. The molecule has 0 saturated carbocycles. The molecule has 0 radical (unpaired) electrons. The van der Waals surface area contributed by atoms with Crippen molar-refractivity contribution >= 4 is 17.5 Å². The Kier molecular flexibility index (Phi) is 7.32. The Bertz CT molecular complexity index is 715. The van der Waals surface area contributed by atoms with Crippen molar-refractivity contribution in [3.05, 3.63) is 64.2 Å². The topological polar surface area (TPSA) is 38.3 Å². The van der Waals surface area contributed by atoms with Gasteiger partial charge in [-0.25, -0.2) is 0 Å². The highest BCUT2D eigenvalue weighted by Gasteiger charge is 2.19. The van der Waals surface area contributed by atoms with Gasteiger partial charge in [-0.15, -0.1) is 0 Å². The number of rotatable bonds is 8. The van der Waals surface area contributed by atoms with Crippen molar-refractivity contribution in [1.82, 2.24) is 5.32 Å². The molecule has 2 aromatic carbocycles. The largest absolute Gasteiger partial charge is 0.480 e. The lowest BCUT2D eigenvalue weighted by molar-refractivity contribution is -0.128. The Morgan fingerprint density at radius 2 is 1.92 bits per heavy atom. The minimum Gasteiger partial charge on any atom is -0.480 e. The van der Waals surface area contributed by atoms with E-state index in [1.807, 2.05) is 63.2 Å². The van der Waals surface area contributed by atoms with Crippen molar-refractivity contribution in [2.75, 3.05) is 6.54 Å². The summed E-state index contributed by atoms with van der Waals surface area (Å²) in [6.45, 7) is 6.62. The molecule has 1 atom stereocenters. The summed E-state index contributed by atoms with van der Waals surface area (Å²) in [5.74, 6) is 0.709. The molecule has 0 saturated heterocycles. The van der Waals surface area contributed by atoms with Gasteiger partial charge in [0.15, 0.2) is 6.10 Å². The molecular weight excluding hydrogens is 334 g/mol. The highest BCUT2D eigenvalue weighted by Crippen LogP contribution is 2.22. The molecule has 0 unspecified atom stereocenters. The third-order valence-corrected chi connectivity index (χ3v) is 4.74. The van der Waals surface area contributed by atoms with Crippen LogP contribution < -0.4 is 10.1 Å². The fraction of sp³-hybridized carbons (Fsp3) is 0.381. The molecule has 134 valence electrons. The first-order valence-electron chi connectivity index (χ1n) is 8.77. The second-order valence-electron chi connectivity index (χ2n) is 6.20. The van der Waals surface area contributed by atoms with Crippen molar-refractivity contribution in [3.63, 3.8) is 0 Å². The van der Waals surface area contributed by atoms with E-state index >= 15 is 0 Å². The number of halogens is 1. The molecule has 0 heterocycles. The molecule has 4 heteroatoms. The minimum atomic E-state index is -0.471. The van der Waals surface area contributed by atoms with E-state index < -0.39 is 6.10 Å². The van der Waals surface area contributed by atoms with E-state index in [0.717, 1.165) is 40.3 Å². The maximum Gasteiger partial charge on any atom is 0.261 e. The van der Waals surface area contributed by atoms with Gasteiger partial charge in [0.1, 0.15) is 5.75 Å². The van der Waals surface area contributed by atoms with Crippen LogP contribution in [0.2, 0.25) is 5.02 Å². The molecular formula is C21H26ClNO2. The Morgan fingerprint density at radius 1 is 1.16 bits per heavy atom. The maximum atomic E-state index is 12.4. The van der Waals surface area contributed by atoms with Crippen molar-refractivity contribution in [2.24, 2.45) is 0 Å². The van der Waals surface area contributed by atoms with Crippen LogP contribution in [0.3, 0.4) is 0 Å². The summed E-state index contributed by atoms with van der Waals surface area (Å²) in [5, 5.41) is 3.75. The molecule has 0 bridgehead atoms. The van der Waals surface area contributed by atoms with Gasteiger partial charge < -0.3 is 10.1 Å². The van der Waals surface area contributed by atoms with Crippen LogP contribution in [-0.2, 0) is 11.2 Å². The molecule has 25 heavy (non-hydrogen) atoms. The molecule has 0 aliphatic rings. The zero-order chi connectivity index (χ0) is 18.2. The number of benzene rings is 2. The van der Waals surface area contributed by atoms with Gasteiger partial charge in [-0.1, -0.05) is 48.9 Å². The summed E-state index contributed by atoms with van der Waals surface area (Å²) in [5.41, 5.74) is 3.34. The highest BCUT2D eigenvalue weighted by atomic mass is 35.5. The number of amides is 1. The van der Waals surface area contributed by atoms with E-state index in [0.29, 0.717) is 13.0 Å². The first kappa shape index (κ1) is 19.3. The van der Waals surface area contributed by atoms with Gasteiger partial charge in [-0.2, -0.15) is 0 Å². The summed E-state index contributed by atoms with van der Waals surface area (Å²) in [7, 11) is 0. The predicted molar refractivity (Wildman–Crippen MR) is 103 cm³/mol. The molecule has 0 spiro atoms. The van der Waals surface area contributed by atoms with Gasteiger partial charge >= 0.3 is 0 Å². The Labute approximate surface area is 155 Å². The molecule has 3 nitrogen and oxygen atoms in total. The Hall–Kier alpha value is -2.00. The predicted octanol–water partition coefficient (Wildman–Crippen LogP) is 4.86. The van der Waals surface area contributed by atoms with E-state index in [-0.39, 0.29) is 5.91 Å². The van der Waals surface area contributed by atoms with Crippen LogP contribution in [0, 0.1) is 13.8 Å². The van der Waals surface area contributed by atoms with Crippen LogP contribution in [0.25, 0.3) is 0 Å². The summed E-state index contributed by atoms with van der Waals surface area (Å²) in [6.07, 6.45) is 1.84. The third kappa shape index (κ3) is 5.50. The molecule has 0 aliphatic carbocycles. The standard InChI is InChI=1S/C21H26ClNO2/c1-4-19(25-20-13-7-9-15(2)16(20)3)21(24)23-14-8-11-17-10-5-6-12-18(17)22/h5-7,9-10,12-13,19H,4,8,11,14H2,1-3H3,(H,23,24)/t19-/m0/s1. The lowest BCUT2D eigenvalue weighted by atomic mass is 10.1. The van der Waals surface area contributed by atoms with E-state index in [1.165, 1.54) is 0 Å². The third-order valence-electron chi connectivity index (χ3n) is 4.37. The Morgan fingerprint density at radius 3 is 2.64 bits per heavy atom. The average Bonchev–Trinajstić information content (AvgIpc) is 2.61. The summed E-state index contributed by atoms with van der Waals surface area (Å²) < 4.78 is 5.94. The summed E-state index contributed by atoms with van der Waals surface area (Å²) in [4.78, 5) is 12.4. The molecule has 1 N–H and O–H groups in total. The van der Waals surface area contributed by atoms with Crippen LogP contribution >= 0.6 is 11.6 Å². The molecule has 0 aliphatic heterocycles. The lowest BCUT2D eigenvalue weighted by Gasteiger charge is -2.19. The average molecular weight is 360 g/mol. The minimum absolute atomic E-state index is 0.0671. The van der Waals surface area contributed by atoms with Crippen LogP contribution in [0.5, 0.6) is 5.75 Å². The summed E-state index contributed by atoms with van der Waals surface area (Å²) >= 11 is 6.15. The van der Waals surface area contributed by atoms with Gasteiger partial charge in [0.05, 0.1) is 0 Å². The van der Waals surface area contributed by atoms with Gasteiger partial charge in [-0.05, 0) is 61.9 Å². The monoisotopic (exact) mass is 359 g/mol. The number of hydrogen-bond acceptors (Lipinski definition) is 2.